The van der Waals surface area contributed by atoms with Gasteiger partial charge in [-0.15, -0.1) is 0 Å². The highest BCUT2D eigenvalue weighted by molar-refractivity contribution is 5.71. The largest absolute Gasteiger partial charge is 0.494 e. The van der Waals surface area contributed by atoms with E-state index in [1.807, 2.05) is 13.8 Å². The van der Waals surface area contributed by atoms with Crippen LogP contribution in [0.1, 0.15) is 40.0 Å². The Bertz CT molecular complexity index is 463. The summed E-state index contributed by atoms with van der Waals surface area (Å²) in [7, 11) is 0. The third-order valence-corrected chi connectivity index (χ3v) is 2.85. The Kier molecular flexibility index (Phi) is 7.36. The molecule has 0 heterocycles. The van der Waals surface area contributed by atoms with Gasteiger partial charge in [-0.1, -0.05) is 20.3 Å². The molecular formula is C15H24N2O4. The van der Waals surface area contributed by atoms with Gasteiger partial charge in [0.15, 0.2) is 0 Å². The van der Waals surface area contributed by atoms with Gasteiger partial charge in [0, 0.05) is 18.7 Å². The number of nitro groups is 1. The van der Waals surface area contributed by atoms with Crippen LogP contribution < -0.4 is 14.8 Å². The van der Waals surface area contributed by atoms with Gasteiger partial charge in [-0.25, -0.2) is 0 Å². The maximum atomic E-state index is 11.4. The number of unbranched alkanes of at least 4 members (excludes halogenated alkanes) is 1. The fraction of sp³-hybridized carbons (Fsp3) is 0.600. The molecule has 0 aromatic heterocycles. The predicted octanol–water partition coefficient (Wildman–Crippen LogP) is 3.99. The van der Waals surface area contributed by atoms with E-state index in [9.17, 15) is 10.1 Å². The number of rotatable bonds is 10. The number of nitrogens with zero attached hydrogens (tertiary/aromatic N) is 1. The van der Waals surface area contributed by atoms with Crippen molar-refractivity contribution in [2.75, 3.05) is 25.1 Å². The van der Waals surface area contributed by atoms with Gasteiger partial charge in [-0.3, -0.25) is 10.1 Å². The highest BCUT2D eigenvalue weighted by atomic mass is 16.6. The standard InChI is InChI=1S/C15H24N2O4/c1-4-7-8-16-13-10-12(20-6-3)11-14(21-9-5-2)15(13)17(18)19/h10-11,16H,4-9H2,1-3H3. The van der Waals surface area contributed by atoms with E-state index in [0.717, 1.165) is 19.3 Å². The lowest BCUT2D eigenvalue weighted by Crippen LogP contribution is -2.07. The highest BCUT2D eigenvalue weighted by Crippen LogP contribution is 2.39. The van der Waals surface area contributed by atoms with Crippen LogP contribution in [0.4, 0.5) is 11.4 Å². The first-order chi connectivity index (χ1) is 10.1. The summed E-state index contributed by atoms with van der Waals surface area (Å²) in [5.74, 6) is 0.833. The summed E-state index contributed by atoms with van der Waals surface area (Å²) >= 11 is 0. The first kappa shape index (κ1) is 17.1. The molecule has 21 heavy (non-hydrogen) atoms. The van der Waals surface area contributed by atoms with Crippen molar-refractivity contribution in [3.8, 4) is 11.5 Å². The second-order valence-corrected chi connectivity index (χ2v) is 4.64. The summed E-state index contributed by atoms with van der Waals surface area (Å²) in [5, 5.41) is 14.5. The molecule has 1 rings (SSSR count). The molecule has 0 unspecified atom stereocenters. The summed E-state index contributed by atoms with van der Waals surface area (Å²) in [6, 6.07) is 3.25. The molecule has 0 radical (unpaired) electrons. The van der Waals surface area contributed by atoms with Crippen molar-refractivity contribution in [3.05, 3.63) is 22.2 Å². The van der Waals surface area contributed by atoms with E-state index in [2.05, 4.69) is 12.2 Å². The van der Waals surface area contributed by atoms with Gasteiger partial charge < -0.3 is 14.8 Å². The Balaban J connectivity index is 3.14. The minimum absolute atomic E-state index is 0.0250. The molecule has 0 spiro atoms. The number of benzene rings is 1. The zero-order valence-electron chi connectivity index (χ0n) is 13.0. The Morgan fingerprint density at radius 3 is 2.52 bits per heavy atom. The Hall–Kier alpha value is -1.98. The molecule has 1 aromatic carbocycles. The zero-order valence-corrected chi connectivity index (χ0v) is 13.0. The lowest BCUT2D eigenvalue weighted by molar-refractivity contribution is -0.385. The van der Waals surface area contributed by atoms with Crippen LogP contribution in [0.5, 0.6) is 11.5 Å². The van der Waals surface area contributed by atoms with Crippen LogP contribution in [0.3, 0.4) is 0 Å². The molecule has 1 aromatic rings. The molecule has 0 bridgehead atoms. The van der Waals surface area contributed by atoms with E-state index in [4.69, 9.17) is 9.47 Å². The fourth-order valence-corrected chi connectivity index (χ4v) is 1.88. The minimum Gasteiger partial charge on any atom is -0.494 e. The lowest BCUT2D eigenvalue weighted by Gasteiger charge is -2.13. The van der Waals surface area contributed by atoms with Crippen LogP contribution in [0, 0.1) is 10.1 Å². The van der Waals surface area contributed by atoms with Crippen LogP contribution in [0.15, 0.2) is 12.1 Å². The van der Waals surface area contributed by atoms with Gasteiger partial charge in [0.2, 0.25) is 5.75 Å². The molecule has 6 nitrogen and oxygen atoms in total. The highest BCUT2D eigenvalue weighted by Gasteiger charge is 2.23. The average Bonchev–Trinajstić information content (AvgIpc) is 2.45. The van der Waals surface area contributed by atoms with E-state index >= 15 is 0 Å². The van der Waals surface area contributed by atoms with Gasteiger partial charge in [0.1, 0.15) is 11.4 Å². The van der Waals surface area contributed by atoms with Gasteiger partial charge in [0.05, 0.1) is 18.1 Å². The van der Waals surface area contributed by atoms with E-state index in [1.165, 1.54) is 0 Å². The first-order valence-corrected chi connectivity index (χ1v) is 7.45. The van der Waals surface area contributed by atoms with Gasteiger partial charge in [0.25, 0.3) is 0 Å². The van der Waals surface area contributed by atoms with Crippen LogP contribution in [-0.4, -0.2) is 24.7 Å². The van der Waals surface area contributed by atoms with Crippen LogP contribution in [0.25, 0.3) is 0 Å². The van der Waals surface area contributed by atoms with Crippen molar-refractivity contribution in [1.82, 2.24) is 0 Å². The summed E-state index contributed by atoms with van der Waals surface area (Å²) in [4.78, 5) is 10.9. The second kappa shape index (κ2) is 9.05. The molecule has 0 aliphatic rings. The van der Waals surface area contributed by atoms with Crippen LogP contribution in [-0.2, 0) is 0 Å². The van der Waals surface area contributed by atoms with Gasteiger partial charge in [-0.05, 0) is 19.8 Å². The van der Waals surface area contributed by atoms with Crippen molar-refractivity contribution < 1.29 is 14.4 Å². The van der Waals surface area contributed by atoms with Crippen LogP contribution >= 0.6 is 0 Å². The number of nitrogens with one attached hydrogen (secondary N) is 1. The van der Waals surface area contributed by atoms with Gasteiger partial charge >= 0.3 is 5.69 Å². The van der Waals surface area contributed by atoms with Crippen molar-refractivity contribution in [1.29, 1.82) is 0 Å². The quantitative estimate of drug-likeness (QED) is 0.401. The Labute approximate surface area is 125 Å². The summed E-state index contributed by atoms with van der Waals surface area (Å²) in [5.41, 5.74) is 0.425. The van der Waals surface area contributed by atoms with E-state index in [-0.39, 0.29) is 11.4 Å². The van der Waals surface area contributed by atoms with E-state index in [1.54, 1.807) is 12.1 Å². The molecule has 0 fully saturated rings. The number of anilines is 1. The second-order valence-electron chi connectivity index (χ2n) is 4.64. The maximum Gasteiger partial charge on any atom is 0.334 e. The van der Waals surface area contributed by atoms with Crippen molar-refractivity contribution in [3.63, 3.8) is 0 Å². The summed E-state index contributed by atoms with van der Waals surface area (Å²) in [6.07, 6.45) is 2.75. The molecule has 0 amide bonds. The maximum absolute atomic E-state index is 11.4. The van der Waals surface area contributed by atoms with Crippen molar-refractivity contribution in [2.24, 2.45) is 0 Å². The predicted molar refractivity (Wildman–Crippen MR) is 83.4 cm³/mol. The number of hydrogen-bond acceptors (Lipinski definition) is 5. The molecule has 0 aliphatic heterocycles. The van der Waals surface area contributed by atoms with E-state index in [0.29, 0.717) is 31.2 Å². The van der Waals surface area contributed by atoms with Crippen molar-refractivity contribution in [2.45, 2.75) is 40.0 Å². The first-order valence-electron chi connectivity index (χ1n) is 7.45. The fourth-order valence-electron chi connectivity index (χ4n) is 1.88. The molecule has 118 valence electrons. The Morgan fingerprint density at radius 2 is 1.95 bits per heavy atom. The third kappa shape index (κ3) is 5.13. The SMILES string of the molecule is CCCCNc1cc(OCC)cc(OCCC)c1[N+](=O)[O-]. The molecule has 0 aliphatic carbocycles. The van der Waals surface area contributed by atoms with Crippen LogP contribution in [0.2, 0.25) is 0 Å². The molecular weight excluding hydrogens is 272 g/mol. The molecule has 0 saturated carbocycles. The smallest absolute Gasteiger partial charge is 0.334 e. The zero-order chi connectivity index (χ0) is 15.7. The monoisotopic (exact) mass is 296 g/mol. The number of nitro benzene ring substituents is 1. The molecule has 6 heteroatoms. The normalized spacial score (nSPS) is 10.2. The number of ether oxygens (including phenoxy) is 2. The summed E-state index contributed by atoms with van der Waals surface area (Å²) < 4.78 is 11.0. The summed E-state index contributed by atoms with van der Waals surface area (Å²) in [6.45, 7) is 7.52. The lowest BCUT2D eigenvalue weighted by atomic mass is 10.2. The number of hydrogen-bond donors (Lipinski definition) is 1. The third-order valence-electron chi connectivity index (χ3n) is 2.85. The Morgan fingerprint density at radius 1 is 1.19 bits per heavy atom. The average molecular weight is 296 g/mol. The van der Waals surface area contributed by atoms with E-state index < -0.39 is 4.92 Å². The molecule has 1 N–H and O–H groups in total. The molecule has 0 saturated heterocycles. The topological polar surface area (TPSA) is 73.6 Å². The molecule has 0 atom stereocenters. The van der Waals surface area contributed by atoms with Crippen molar-refractivity contribution >= 4 is 11.4 Å². The van der Waals surface area contributed by atoms with Gasteiger partial charge in [-0.2, -0.15) is 0 Å². The minimum atomic E-state index is -0.408.